The van der Waals surface area contributed by atoms with Gasteiger partial charge in [-0.1, -0.05) is 63.9 Å². The fourth-order valence-corrected chi connectivity index (χ4v) is 3.76. The van der Waals surface area contributed by atoms with Crippen molar-refractivity contribution in [2.45, 2.75) is 71.9 Å². The summed E-state index contributed by atoms with van der Waals surface area (Å²) in [4.78, 5) is 0. The van der Waals surface area contributed by atoms with Gasteiger partial charge in [0.1, 0.15) is 0 Å². The van der Waals surface area contributed by atoms with E-state index < -0.39 is 0 Å². The zero-order valence-corrected chi connectivity index (χ0v) is 13.7. The van der Waals surface area contributed by atoms with E-state index in [0.29, 0.717) is 17.5 Å². The molecule has 0 aliphatic heterocycles. The van der Waals surface area contributed by atoms with Crippen LogP contribution in [0.2, 0.25) is 0 Å². The zero-order chi connectivity index (χ0) is 14.6. The molecule has 112 valence electrons. The highest BCUT2D eigenvalue weighted by atomic mass is 15.0. The van der Waals surface area contributed by atoms with Crippen LogP contribution in [0.15, 0.2) is 30.3 Å². The Hall–Kier alpha value is -0.820. The number of hydrogen-bond donors (Lipinski definition) is 1. The summed E-state index contributed by atoms with van der Waals surface area (Å²) in [6, 6.07) is 12.1. The van der Waals surface area contributed by atoms with Crippen molar-refractivity contribution in [3.63, 3.8) is 0 Å². The summed E-state index contributed by atoms with van der Waals surface area (Å²) in [5.41, 5.74) is 1.86. The molecule has 1 aromatic rings. The van der Waals surface area contributed by atoms with Gasteiger partial charge in [0.25, 0.3) is 0 Å². The largest absolute Gasteiger partial charge is 0.311 e. The highest BCUT2D eigenvalue weighted by molar-refractivity contribution is 5.15. The van der Waals surface area contributed by atoms with Crippen LogP contribution in [-0.2, 0) is 6.42 Å². The third-order valence-electron chi connectivity index (χ3n) is 4.76. The first-order valence-electron chi connectivity index (χ1n) is 8.27. The monoisotopic (exact) mass is 273 g/mol. The van der Waals surface area contributed by atoms with E-state index in [4.69, 9.17) is 0 Å². The first kappa shape index (κ1) is 15.6. The van der Waals surface area contributed by atoms with Crippen molar-refractivity contribution < 1.29 is 0 Å². The van der Waals surface area contributed by atoms with E-state index >= 15 is 0 Å². The summed E-state index contributed by atoms with van der Waals surface area (Å²) in [5, 5.41) is 3.92. The maximum Gasteiger partial charge on any atom is 0.0103 e. The van der Waals surface area contributed by atoms with Crippen molar-refractivity contribution in [1.29, 1.82) is 0 Å². The lowest BCUT2D eigenvalue weighted by atomic mass is 9.69. The van der Waals surface area contributed by atoms with Gasteiger partial charge in [-0.25, -0.2) is 0 Å². The molecule has 1 aliphatic rings. The predicted molar refractivity (Wildman–Crippen MR) is 87.9 cm³/mol. The fourth-order valence-electron chi connectivity index (χ4n) is 3.76. The summed E-state index contributed by atoms with van der Waals surface area (Å²) in [5.74, 6) is 0.814. The molecule has 2 rings (SSSR count). The van der Waals surface area contributed by atoms with Crippen molar-refractivity contribution in [3.05, 3.63) is 35.9 Å². The first-order valence-corrected chi connectivity index (χ1v) is 8.27. The summed E-state index contributed by atoms with van der Waals surface area (Å²) in [7, 11) is 0. The lowest BCUT2D eigenvalue weighted by molar-refractivity contribution is 0.124. The van der Waals surface area contributed by atoms with Crippen molar-refractivity contribution in [2.24, 2.45) is 11.3 Å². The summed E-state index contributed by atoms with van der Waals surface area (Å²) in [6.07, 6.45) is 6.67. The van der Waals surface area contributed by atoms with E-state index in [1.807, 2.05) is 0 Å². The molecule has 1 N–H and O–H groups in total. The van der Waals surface area contributed by atoms with Crippen LogP contribution >= 0.6 is 0 Å². The molecule has 0 bridgehead atoms. The number of benzene rings is 1. The molecule has 0 amide bonds. The molecule has 1 aliphatic carbocycles. The molecule has 0 heterocycles. The zero-order valence-electron chi connectivity index (χ0n) is 13.7. The molecule has 0 spiro atoms. The van der Waals surface area contributed by atoms with Crippen LogP contribution in [0.3, 0.4) is 0 Å². The Morgan fingerprint density at radius 2 is 1.75 bits per heavy atom. The smallest absolute Gasteiger partial charge is 0.0103 e. The SMILES string of the molecule is CC(Cc1ccccc1)NC1CCCCC1C(C)(C)C. The molecule has 1 aromatic carbocycles. The maximum atomic E-state index is 3.92. The molecule has 0 radical (unpaired) electrons. The van der Waals surface area contributed by atoms with Crippen LogP contribution in [0.1, 0.15) is 58.9 Å². The van der Waals surface area contributed by atoms with Crippen LogP contribution in [-0.4, -0.2) is 12.1 Å². The van der Waals surface area contributed by atoms with E-state index in [2.05, 4.69) is 63.3 Å². The van der Waals surface area contributed by atoms with Crippen LogP contribution < -0.4 is 5.32 Å². The van der Waals surface area contributed by atoms with E-state index in [9.17, 15) is 0 Å². The molecule has 3 unspecified atom stereocenters. The number of rotatable bonds is 4. The van der Waals surface area contributed by atoms with Gasteiger partial charge in [-0.15, -0.1) is 0 Å². The van der Waals surface area contributed by atoms with E-state index in [1.165, 1.54) is 31.2 Å². The van der Waals surface area contributed by atoms with Crippen molar-refractivity contribution >= 4 is 0 Å². The van der Waals surface area contributed by atoms with Gasteiger partial charge in [0.15, 0.2) is 0 Å². The molecule has 0 saturated heterocycles. The van der Waals surface area contributed by atoms with Gasteiger partial charge in [0.2, 0.25) is 0 Å². The Morgan fingerprint density at radius 3 is 2.40 bits per heavy atom. The highest BCUT2D eigenvalue weighted by Crippen LogP contribution is 2.38. The van der Waals surface area contributed by atoms with Gasteiger partial charge < -0.3 is 5.32 Å². The van der Waals surface area contributed by atoms with Crippen molar-refractivity contribution in [2.75, 3.05) is 0 Å². The van der Waals surface area contributed by atoms with Crippen LogP contribution in [0.4, 0.5) is 0 Å². The minimum atomic E-state index is 0.421. The highest BCUT2D eigenvalue weighted by Gasteiger charge is 2.34. The van der Waals surface area contributed by atoms with Gasteiger partial charge in [0, 0.05) is 12.1 Å². The van der Waals surface area contributed by atoms with Crippen molar-refractivity contribution in [3.8, 4) is 0 Å². The molecule has 0 aromatic heterocycles. The lowest BCUT2D eigenvalue weighted by Gasteiger charge is -2.42. The normalized spacial score (nSPS) is 25.4. The Bertz CT molecular complexity index is 390. The summed E-state index contributed by atoms with van der Waals surface area (Å²) < 4.78 is 0. The van der Waals surface area contributed by atoms with E-state index in [1.54, 1.807) is 0 Å². The molecular weight excluding hydrogens is 242 g/mol. The number of hydrogen-bond acceptors (Lipinski definition) is 1. The Labute approximate surface area is 125 Å². The Morgan fingerprint density at radius 1 is 1.10 bits per heavy atom. The second-order valence-electron chi connectivity index (χ2n) is 7.62. The van der Waals surface area contributed by atoms with Crippen molar-refractivity contribution in [1.82, 2.24) is 5.32 Å². The minimum absolute atomic E-state index is 0.421. The fraction of sp³-hybridized carbons (Fsp3) is 0.684. The molecule has 1 saturated carbocycles. The van der Waals surface area contributed by atoms with Gasteiger partial charge >= 0.3 is 0 Å². The standard InChI is InChI=1S/C19H31N/c1-15(14-16-10-6-5-7-11-16)20-18-13-9-8-12-17(18)19(2,3)4/h5-7,10-11,15,17-18,20H,8-9,12-14H2,1-4H3. The van der Waals surface area contributed by atoms with Gasteiger partial charge in [-0.3, -0.25) is 0 Å². The van der Waals surface area contributed by atoms with Gasteiger partial charge in [-0.05, 0) is 43.1 Å². The molecule has 1 heteroatoms. The maximum absolute atomic E-state index is 3.92. The first-order chi connectivity index (χ1) is 9.47. The van der Waals surface area contributed by atoms with E-state index in [0.717, 1.165) is 12.3 Å². The van der Waals surface area contributed by atoms with Crippen LogP contribution in [0, 0.1) is 11.3 Å². The quantitative estimate of drug-likeness (QED) is 0.830. The van der Waals surface area contributed by atoms with Gasteiger partial charge in [0.05, 0.1) is 0 Å². The summed E-state index contributed by atoms with van der Waals surface area (Å²) in [6.45, 7) is 9.54. The second kappa shape index (κ2) is 6.76. The average Bonchev–Trinajstić information content (AvgIpc) is 2.39. The Balaban J connectivity index is 1.93. The molecule has 1 fully saturated rings. The lowest BCUT2D eigenvalue weighted by Crippen LogP contribution is -2.48. The van der Waals surface area contributed by atoms with E-state index in [-0.39, 0.29) is 0 Å². The third-order valence-corrected chi connectivity index (χ3v) is 4.76. The predicted octanol–water partition coefficient (Wildman–Crippen LogP) is 4.81. The number of nitrogens with one attached hydrogen (secondary N) is 1. The molecular formula is C19H31N. The summed E-state index contributed by atoms with van der Waals surface area (Å²) >= 11 is 0. The van der Waals surface area contributed by atoms with Crippen LogP contribution in [0.25, 0.3) is 0 Å². The molecule has 1 nitrogen and oxygen atoms in total. The molecule has 3 atom stereocenters. The second-order valence-corrected chi connectivity index (χ2v) is 7.62. The van der Waals surface area contributed by atoms with Crippen LogP contribution in [0.5, 0.6) is 0 Å². The topological polar surface area (TPSA) is 12.0 Å². The Kier molecular flexibility index (Phi) is 5.26. The third kappa shape index (κ3) is 4.34. The molecule has 20 heavy (non-hydrogen) atoms. The van der Waals surface area contributed by atoms with Gasteiger partial charge in [-0.2, -0.15) is 0 Å². The average molecular weight is 273 g/mol. The minimum Gasteiger partial charge on any atom is -0.311 e.